The van der Waals surface area contributed by atoms with Crippen LogP contribution in [-0.4, -0.2) is 47.1 Å². The van der Waals surface area contributed by atoms with Crippen LogP contribution in [0.4, 0.5) is 8.78 Å². The highest BCUT2D eigenvalue weighted by Gasteiger charge is 2.37. The van der Waals surface area contributed by atoms with Crippen LogP contribution in [0.3, 0.4) is 0 Å². The second-order valence-electron chi connectivity index (χ2n) is 9.35. The molecule has 37 heavy (non-hydrogen) atoms. The van der Waals surface area contributed by atoms with Gasteiger partial charge in [-0.25, -0.2) is 18.7 Å². The molecule has 2 N–H and O–H groups in total. The van der Waals surface area contributed by atoms with Gasteiger partial charge in [0.15, 0.2) is 5.82 Å². The topological polar surface area (TPSA) is 67.4 Å². The minimum Gasteiger partial charge on any atom is -0.327 e. The Labute approximate surface area is 218 Å². The van der Waals surface area contributed by atoms with Crippen LogP contribution >= 0.6 is 0 Å². The van der Waals surface area contributed by atoms with Crippen molar-refractivity contribution in [1.29, 1.82) is 0 Å². The number of allylic oxidation sites excluding steroid dienone is 4. The van der Waals surface area contributed by atoms with Gasteiger partial charge in [-0.3, -0.25) is 4.99 Å². The second-order valence-corrected chi connectivity index (χ2v) is 9.35. The minimum absolute atomic E-state index is 0.218. The number of terminal acetylenes is 1. The van der Waals surface area contributed by atoms with E-state index in [0.717, 1.165) is 40.0 Å². The highest BCUT2D eigenvalue weighted by atomic mass is 19.3. The van der Waals surface area contributed by atoms with E-state index in [4.69, 9.17) is 17.1 Å². The first-order chi connectivity index (χ1) is 17.7. The first kappa shape index (κ1) is 27.9. The van der Waals surface area contributed by atoms with Crippen molar-refractivity contribution in [2.24, 2.45) is 10.7 Å². The summed E-state index contributed by atoms with van der Waals surface area (Å²) in [5, 5.41) is 0. The highest BCUT2D eigenvalue weighted by Crippen LogP contribution is 2.40. The van der Waals surface area contributed by atoms with E-state index >= 15 is 0 Å². The van der Waals surface area contributed by atoms with Crippen LogP contribution in [0.5, 0.6) is 0 Å². The number of aliphatic imine (C=N–C) groups is 1. The summed E-state index contributed by atoms with van der Waals surface area (Å²) in [4.78, 5) is 15.5. The lowest BCUT2D eigenvalue weighted by Crippen LogP contribution is -2.28. The number of rotatable bonds is 8. The number of alkyl halides is 2. The molecule has 0 aliphatic heterocycles. The van der Waals surface area contributed by atoms with Crippen molar-refractivity contribution >= 4 is 17.4 Å². The number of hydrogen-bond acceptors (Lipinski definition) is 5. The Bertz CT molecular complexity index is 1240. The van der Waals surface area contributed by atoms with Crippen LogP contribution < -0.4 is 5.73 Å². The Morgan fingerprint density at radius 2 is 2.16 bits per heavy atom. The molecular formula is C30H35F2N5. The van der Waals surface area contributed by atoms with Gasteiger partial charge in [0, 0.05) is 74.7 Å². The minimum atomic E-state index is -2.77. The zero-order chi connectivity index (χ0) is 27.0. The van der Waals surface area contributed by atoms with Gasteiger partial charge in [-0.2, -0.15) is 0 Å². The molecule has 1 heterocycles. The molecule has 1 aromatic heterocycles. The van der Waals surface area contributed by atoms with E-state index in [1.807, 2.05) is 43.5 Å². The van der Waals surface area contributed by atoms with Crippen LogP contribution in [0.25, 0.3) is 22.5 Å². The molecule has 194 valence electrons. The Morgan fingerprint density at radius 1 is 1.38 bits per heavy atom. The molecule has 2 aromatic rings. The normalized spacial score (nSPS) is 20.4. The molecule has 1 saturated carbocycles. The molecular weight excluding hydrogens is 468 g/mol. The Balaban J connectivity index is 2.14. The van der Waals surface area contributed by atoms with Gasteiger partial charge in [-0.1, -0.05) is 50.3 Å². The van der Waals surface area contributed by atoms with Gasteiger partial charge in [0.1, 0.15) is 0 Å². The molecule has 0 amide bonds. The molecule has 0 saturated heterocycles. The Morgan fingerprint density at radius 3 is 2.84 bits per heavy atom. The number of halogens is 2. The molecule has 0 radical (unpaired) electrons. The van der Waals surface area contributed by atoms with Crippen LogP contribution in [0.2, 0.25) is 0 Å². The Hall–Kier alpha value is -3.63. The summed E-state index contributed by atoms with van der Waals surface area (Å²) in [6.45, 7) is 5.95. The molecule has 1 aromatic carbocycles. The van der Waals surface area contributed by atoms with E-state index in [1.165, 1.54) is 0 Å². The molecule has 7 heteroatoms. The predicted molar refractivity (Wildman–Crippen MR) is 149 cm³/mol. The van der Waals surface area contributed by atoms with Gasteiger partial charge in [0.05, 0.1) is 5.69 Å². The van der Waals surface area contributed by atoms with Gasteiger partial charge in [0.2, 0.25) is 5.92 Å². The average molecular weight is 504 g/mol. The summed E-state index contributed by atoms with van der Waals surface area (Å²) in [6.07, 6.45) is 15.6. The third-order valence-corrected chi connectivity index (χ3v) is 6.43. The van der Waals surface area contributed by atoms with Gasteiger partial charge in [-0.05, 0) is 42.0 Å². The Kier molecular flexibility index (Phi) is 9.48. The van der Waals surface area contributed by atoms with Crippen LogP contribution in [0.1, 0.15) is 61.8 Å². The first-order valence-electron chi connectivity index (χ1n) is 12.5. The van der Waals surface area contributed by atoms with E-state index in [2.05, 4.69) is 22.6 Å². The number of aromatic nitrogens is 2. The van der Waals surface area contributed by atoms with Gasteiger partial charge >= 0.3 is 0 Å². The van der Waals surface area contributed by atoms with Gasteiger partial charge in [0.25, 0.3) is 0 Å². The summed E-state index contributed by atoms with van der Waals surface area (Å²) in [7, 11) is 3.48. The fourth-order valence-corrected chi connectivity index (χ4v) is 4.67. The van der Waals surface area contributed by atoms with Crippen LogP contribution in [-0.2, 0) is 0 Å². The quantitative estimate of drug-likeness (QED) is 0.151. The van der Waals surface area contributed by atoms with E-state index in [0.29, 0.717) is 18.7 Å². The van der Waals surface area contributed by atoms with Crippen molar-refractivity contribution in [3.63, 3.8) is 0 Å². The lowest BCUT2D eigenvalue weighted by atomic mass is 9.89. The van der Waals surface area contributed by atoms with E-state index in [-0.39, 0.29) is 18.8 Å². The second kappa shape index (κ2) is 12.6. The van der Waals surface area contributed by atoms with Crippen molar-refractivity contribution in [2.45, 2.75) is 56.9 Å². The maximum Gasteiger partial charge on any atom is 0.249 e. The largest absolute Gasteiger partial charge is 0.327 e. The third kappa shape index (κ3) is 7.21. The summed E-state index contributed by atoms with van der Waals surface area (Å²) < 4.78 is 28.7. The fourth-order valence-electron chi connectivity index (χ4n) is 4.67. The predicted octanol–water partition coefficient (Wildman–Crippen LogP) is 6.31. The third-order valence-electron chi connectivity index (χ3n) is 6.43. The molecule has 2 atom stereocenters. The molecule has 1 fully saturated rings. The lowest BCUT2D eigenvalue weighted by molar-refractivity contribution is -0.0175. The summed E-state index contributed by atoms with van der Waals surface area (Å²) in [5.74, 6) is -2.48. The number of nitrogens with zero attached hydrogens (tertiary/aromatic N) is 4. The van der Waals surface area contributed by atoms with E-state index in [1.54, 1.807) is 37.5 Å². The fraction of sp³-hybridized carbons (Fsp3) is 0.367. The van der Waals surface area contributed by atoms with Gasteiger partial charge < -0.3 is 10.6 Å². The zero-order valence-electron chi connectivity index (χ0n) is 21.8. The summed E-state index contributed by atoms with van der Waals surface area (Å²) in [6, 6.07) is 9.72. The number of nitrogens with two attached hydrogens (primary N) is 1. The van der Waals surface area contributed by atoms with E-state index < -0.39 is 12.0 Å². The SMILES string of the molecule is C#CN(C)/C=C(\C=C)c1cccc(-c2ncc(/C(C=NC)=C/CC)c(C3CCC(F)(F)C[C@@H](N)C3)n2)c1. The number of hydrogen-bond donors (Lipinski definition) is 1. The number of benzene rings is 1. The smallest absolute Gasteiger partial charge is 0.249 e. The lowest BCUT2D eigenvalue weighted by Gasteiger charge is -2.20. The maximum absolute atomic E-state index is 14.3. The van der Waals surface area contributed by atoms with Crippen molar-refractivity contribution in [2.75, 3.05) is 14.1 Å². The molecule has 5 nitrogen and oxygen atoms in total. The van der Waals surface area contributed by atoms with E-state index in [9.17, 15) is 8.78 Å². The monoisotopic (exact) mass is 503 g/mol. The molecule has 1 unspecified atom stereocenters. The highest BCUT2D eigenvalue weighted by molar-refractivity contribution is 6.10. The van der Waals surface area contributed by atoms with Crippen molar-refractivity contribution in [1.82, 2.24) is 14.9 Å². The molecule has 0 spiro atoms. The molecule has 0 bridgehead atoms. The van der Waals surface area contributed by atoms with Crippen molar-refractivity contribution < 1.29 is 8.78 Å². The first-order valence-corrected chi connectivity index (χ1v) is 12.5. The van der Waals surface area contributed by atoms with Gasteiger partial charge in [-0.15, -0.1) is 0 Å². The molecule has 1 aliphatic rings. The van der Waals surface area contributed by atoms with Crippen LogP contribution in [0.15, 0.2) is 60.4 Å². The zero-order valence-corrected chi connectivity index (χ0v) is 21.8. The van der Waals surface area contributed by atoms with Crippen LogP contribution in [0, 0.1) is 12.5 Å². The maximum atomic E-state index is 14.3. The van der Waals surface area contributed by atoms with Crippen molar-refractivity contribution in [3.8, 4) is 23.9 Å². The standard InChI is InChI=1S/C30H35F2N5/c1-6-10-25(18-34-4)27-19-35-29(36-28(27)23-13-14-30(31,32)17-26(33)16-23)24-12-9-11-22(15-24)21(7-2)20-37(5)8-3/h3,7,9-12,15,18-20,23,26H,2,6,13-14,16-17,33H2,1,4-5H3/b21-20+,25-10+,34-18?/t23?,26-/m0/s1. The summed E-state index contributed by atoms with van der Waals surface area (Å²) >= 11 is 0. The molecule has 1 aliphatic carbocycles. The average Bonchev–Trinajstić information content (AvgIpc) is 3.02. The molecule has 3 rings (SSSR count). The van der Waals surface area contributed by atoms with Crippen molar-refractivity contribution in [3.05, 3.63) is 72.2 Å². The summed E-state index contributed by atoms with van der Waals surface area (Å²) in [5.41, 5.74) is 11.1.